The van der Waals surface area contributed by atoms with Crippen LogP contribution < -0.4 is 4.90 Å². The monoisotopic (exact) mass is 456 g/mol. The maximum Gasteiger partial charge on any atom is 0.410 e. The molecule has 2 fully saturated rings. The summed E-state index contributed by atoms with van der Waals surface area (Å²) in [6, 6.07) is 1.83. The minimum atomic E-state index is -0.525. The highest BCUT2D eigenvalue weighted by molar-refractivity contribution is 9.10. The molecule has 1 aromatic heterocycles. The lowest BCUT2D eigenvalue weighted by molar-refractivity contribution is 0.0214. The lowest BCUT2D eigenvalue weighted by Gasteiger charge is -2.36. The number of piperazine rings is 1. The van der Waals surface area contributed by atoms with Gasteiger partial charge in [-0.1, -0.05) is 11.6 Å². The van der Waals surface area contributed by atoms with Gasteiger partial charge in [0.2, 0.25) is 0 Å². The number of likely N-dealkylation sites (tertiary alicyclic amines) is 1. The summed E-state index contributed by atoms with van der Waals surface area (Å²) in [5.41, 5.74) is -0.300. The van der Waals surface area contributed by atoms with Gasteiger partial charge in [-0.05, 0) is 49.2 Å². The Morgan fingerprint density at radius 2 is 2.07 bits per heavy atom. The molecule has 2 saturated heterocycles. The van der Waals surface area contributed by atoms with Crippen molar-refractivity contribution in [2.75, 3.05) is 18.0 Å². The molecule has 3 heterocycles. The fourth-order valence-corrected chi connectivity index (χ4v) is 4.29. The Morgan fingerprint density at radius 3 is 2.70 bits per heavy atom. The zero-order valence-electron chi connectivity index (χ0n) is 15.2. The van der Waals surface area contributed by atoms with E-state index in [0.29, 0.717) is 24.3 Å². The number of anilines is 1. The van der Waals surface area contributed by atoms with Crippen molar-refractivity contribution in [3.63, 3.8) is 0 Å². The molecule has 9 heteroatoms. The van der Waals surface area contributed by atoms with E-state index in [-0.39, 0.29) is 33.2 Å². The zero-order chi connectivity index (χ0) is 19.5. The molecule has 2 bridgehead atoms. The molecule has 0 spiro atoms. The number of ether oxygens (including phenoxy) is 1. The number of benzene rings is 1. The number of aromatic nitrogens is 2. The van der Waals surface area contributed by atoms with Gasteiger partial charge in [-0.2, -0.15) is 0 Å². The Kier molecular flexibility index (Phi) is 4.46. The largest absolute Gasteiger partial charge is 0.444 e. The molecular weight excluding hydrogens is 439 g/mol. The molecule has 2 aromatic rings. The Bertz CT molecular complexity index is 936. The van der Waals surface area contributed by atoms with E-state index in [1.807, 2.05) is 20.8 Å². The van der Waals surface area contributed by atoms with Gasteiger partial charge in [0, 0.05) is 18.5 Å². The van der Waals surface area contributed by atoms with Crippen LogP contribution in [0.4, 0.5) is 15.0 Å². The van der Waals surface area contributed by atoms with E-state index in [2.05, 4.69) is 30.8 Å². The molecule has 2 aliphatic rings. The quantitative estimate of drug-likeness (QED) is 0.595. The molecule has 0 unspecified atom stereocenters. The van der Waals surface area contributed by atoms with Crippen molar-refractivity contribution in [1.82, 2.24) is 14.9 Å². The molecule has 0 radical (unpaired) electrons. The van der Waals surface area contributed by atoms with E-state index in [4.69, 9.17) is 16.3 Å². The summed E-state index contributed by atoms with van der Waals surface area (Å²) in [5.74, 6) is 0.144. The zero-order valence-corrected chi connectivity index (χ0v) is 17.5. The summed E-state index contributed by atoms with van der Waals surface area (Å²) in [6.07, 6.45) is 1.90. The highest BCUT2D eigenvalue weighted by Gasteiger charge is 2.47. The summed E-state index contributed by atoms with van der Waals surface area (Å²) < 4.78 is 20.2. The highest BCUT2D eigenvalue weighted by Crippen LogP contribution is 2.39. The number of carbonyl (C=O) groups excluding carboxylic acids is 1. The second kappa shape index (κ2) is 6.44. The molecule has 144 valence electrons. The number of halogens is 3. The fraction of sp³-hybridized carbons (Fsp3) is 0.500. The third-order valence-electron chi connectivity index (χ3n) is 4.88. The van der Waals surface area contributed by atoms with Crippen molar-refractivity contribution >= 4 is 50.3 Å². The van der Waals surface area contributed by atoms with Crippen LogP contribution in [0.3, 0.4) is 0 Å². The summed E-state index contributed by atoms with van der Waals surface area (Å²) in [4.78, 5) is 24.8. The second-order valence-electron chi connectivity index (χ2n) is 7.91. The van der Waals surface area contributed by atoms with Crippen LogP contribution in [0.5, 0.6) is 0 Å². The van der Waals surface area contributed by atoms with Gasteiger partial charge >= 0.3 is 6.09 Å². The van der Waals surface area contributed by atoms with E-state index >= 15 is 0 Å². The van der Waals surface area contributed by atoms with Gasteiger partial charge in [0.1, 0.15) is 23.3 Å². The van der Waals surface area contributed by atoms with Crippen LogP contribution in [0.25, 0.3) is 10.9 Å². The van der Waals surface area contributed by atoms with Gasteiger partial charge in [0.15, 0.2) is 5.82 Å². The molecule has 27 heavy (non-hydrogen) atoms. The van der Waals surface area contributed by atoms with E-state index in [0.717, 1.165) is 6.42 Å². The van der Waals surface area contributed by atoms with Gasteiger partial charge in [-0.3, -0.25) is 0 Å². The number of fused-ring (bicyclic) bond motifs is 3. The second-order valence-corrected chi connectivity index (χ2v) is 9.11. The van der Waals surface area contributed by atoms with Crippen molar-refractivity contribution in [1.29, 1.82) is 0 Å². The van der Waals surface area contributed by atoms with Crippen molar-refractivity contribution in [3.8, 4) is 0 Å². The maximum absolute atomic E-state index is 14.5. The molecule has 1 amide bonds. The van der Waals surface area contributed by atoms with E-state index < -0.39 is 11.4 Å². The molecule has 0 aliphatic carbocycles. The molecule has 6 nitrogen and oxygen atoms in total. The Hall–Kier alpha value is -1.67. The van der Waals surface area contributed by atoms with Crippen LogP contribution in [0.15, 0.2) is 16.9 Å². The summed E-state index contributed by atoms with van der Waals surface area (Å²) in [7, 11) is 0. The fourth-order valence-electron chi connectivity index (χ4n) is 3.79. The Morgan fingerprint density at radius 1 is 1.33 bits per heavy atom. The average molecular weight is 458 g/mol. The first kappa shape index (κ1) is 18.7. The van der Waals surface area contributed by atoms with Gasteiger partial charge < -0.3 is 14.5 Å². The highest BCUT2D eigenvalue weighted by atomic mass is 79.9. The summed E-state index contributed by atoms with van der Waals surface area (Å²) in [6.45, 7) is 6.74. The molecule has 1 aromatic carbocycles. The average Bonchev–Trinajstić information content (AvgIpc) is 3.18. The minimum Gasteiger partial charge on any atom is -0.444 e. The van der Waals surface area contributed by atoms with Crippen LogP contribution in [-0.4, -0.2) is 51.7 Å². The van der Waals surface area contributed by atoms with Crippen molar-refractivity contribution < 1.29 is 13.9 Å². The SMILES string of the molecule is CC(C)(C)OC(=O)N1C[C@@H]2C[C@H]1CN2c1ncnc2c(F)c(Br)c(Cl)cc12. The number of rotatable bonds is 1. The molecular formula is C18H19BrClFN4O2. The lowest BCUT2D eigenvalue weighted by atomic mass is 10.2. The molecule has 2 aliphatic heterocycles. The molecule has 2 atom stereocenters. The van der Waals surface area contributed by atoms with Crippen molar-refractivity contribution in [2.45, 2.75) is 44.9 Å². The lowest BCUT2D eigenvalue weighted by Crippen LogP contribution is -2.50. The Balaban J connectivity index is 1.62. The Labute approximate surface area is 169 Å². The van der Waals surface area contributed by atoms with E-state index in [1.165, 1.54) is 6.33 Å². The molecule has 0 N–H and O–H groups in total. The van der Waals surface area contributed by atoms with Gasteiger partial charge in [-0.15, -0.1) is 0 Å². The third-order valence-corrected chi connectivity index (χ3v) is 6.19. The van der Waals surface area contributed by atoms with Crippen molar-refractivity contribution in [3.05, 3.63) is 27.7 Å². The summed E-state index contributed by atoms with van der Waals surface area (Å²) in [5, 5.41) is 0.843. The first-order valence-corrected chi connectivity index (χ1v) is 9.87. The normalized spacial score (nSPS) is 22.0. The predicted molar refractivity (Wildman–Crippen MR) is 105 cm³/mol. The minimum absolute atomic E-state index is 0.0469. The summed E-state index contributed by atoms with van der Waals surface area (Å²) >= 11 is 9.30. The standard InChI is InChI=1S/C18H19BrClFN4O2/c1-18(2,3)27-17(26)25-7-9-4-10(25)6-24(9)16-11-5-12(20)13(19)14(21)15(11)22-8-23-16/h5,8-10H,4,6-7H2,1-3H3/t9-,10-/m0/s1. The smallest absolute Gasteiger partial charge is 0.410 e. The van der Waals surface area contributed by atoms with Crippen LogP contribution >= 0.6 is 27.5 Å². The van der Waals surface area contributed by atoms with E-state index in [1.54, 1.807) is 11.0 Å². The topological polar surface area (TPSA) is 58.6 Å². The number of amides is 1. The van der Waals surface area contributed by atoms with Crippen LogP contribution in [-0.2, 0) is 4.74 Å². The first-order chi connectivity index (χ1) is 12.7. The van der Waals surface area contributed by atoms with Gasteiger partial charge in [-0.25, -0.2) is 19.2 Å². The number of carbonyl (C=O) groups is 1. The number of hydrogen-bond donors (Lipinski definition) is 0. The van der Waals surface area contributed by atoms with E-state index in [9.17, 15) is 9.18 Å². The van der Waals surface area contributed by atoms with Gasteiger partial charge in [0.05, 0.1) is 21.6 Å². The predicted octanol–water partition coefficient (Wildman–Crippen LogP) is 4.38. The maximum atomic E-state index is 14.5. The number of hydrogen-bond acceptors (Lipinski definition) is 5. The molecule has 4 rings (SSSR count). The third kappa shape index (κ3) is 3.23. The number of nitrogens with zero attached hydrogens (tertiary/aromatic N) is 4. The van der Waals surface area contributed by atoms with Gasteiger partial charge in [0.25, 0.3) is 0 Å². The van der Waals surface area contributed by atoms with Crippen LogP contribution in [0, 0.1) is 5.82 Å². The molecule has 0 saturated carbocycles. The van der Waals surface area contributed by atoms with Crippen LogP contribution in [0.1, 0.15) is 27.2 Å². The van der Waals surface area contributed by atoms with Crippen LogP contribution in [0.2, 0.25) is 5.02 Å². The first-order valence-electron chi connectivity index (χ1n) is 8.70. The van der Waals surface area contributed by atoms with Crippen molar-refractivity contribution in [2.24, 2.45) is 0 Å².